The van der Waals surface area contributed by atoms with Gasteiger partial charge in [0.05, 0.1) is 12.7 Å². The Labute approximate surface area is 142 Å². The van der Waals surface area contributed by atoms with Crippen molar-refractivity contribution in [1.29, 1.82) is 0 Å². The summed E-state index contributed by atoms with van der Waals surface area (Å²) in [5, 5.41) is 3.14. The molecule has 0 aromatic carbocycles. The van der Waals surface area contributed by atoms with Gasteiger partial charge >= 0.3 is 5.97 Å². The molecule has 6 heteroatoms. The van der Waals surface area contributed by atoms with Crippen LogP contribution in [0.1, 0.15) is 64.7 Å². The first-order valence-corrected chi connectivity index (χ1v) is 8.89. The number of nitrogens with one attached hydrogen (secondary N) is 2. The highest BCUT2D eigenvalue weighted by Crippen LogP contribution is 2.30. The molecule has 1 aliphatic carbocycles. The van der Waals surface area contributed by atoms with Gasteiger partial charge < -0.3 is 15.0 Å². The summed E-state index contributed by atoms with van der Waals surface area (Å²) in [6.45, 7) is 5.85. The van der Waals surface area contributed by atoms with E-state index in [0.717, 1.165) is 37.5 Å². The Morgan fingerprint density at radius 2 is 2.08 bits per heavy atom. The number of carbonyl (C=O) groups excluding carboxylic acids is 2. The van der Waals surface area contributed by atoms with Crippen LogP contribution in [0.3, 0.4) is 0 Å². The predicted molar refractivity (Wildman–Crippen MR) is 91.3 cm³/mol. The quantitative estimate of drug-likeness (QED) is 0.781. The number of rotatable bonds is 6. The Morgan fingerprint density at radius 3 is 2.71 bits per heavy atom. The number of aromatic nitrogens is 1. The van der Waals surface area contributed by atoms with E-state index in [-0.39, 0.29) is 17.9 Å². The fourth-order valence-corrected chi connectivity index (χ4v) is 3.68. The second-order valence-electron chi connectivity index (χ2n) is 6.91. The number of ether oxygens (including phenoxy) is 1. The van der Waals surface area contributed by atoms with E-state index in [1.54, 1.807) is 0 Å². The predicted octanol–water partition coefficient (Wildman–Crippen LogP) is 2.03. The van der Waals surface area contributed by atoms with E-state index in [1.165, 1.54) is 20.0 Å². The van der Waals surface area contributed by atoms with Gasteiger partial charge in [0.25, 0.3) is 5.91 Å². The molecule has 6 nitrogen and oxygen atoms in total. The minimum atomic E-state index is -0.382. The van der Waals surface area contributed by atoms with E-state index < -0.39 is 0 Å². The van der Waals surface area contributed by atoms with Crippen LogP contribution < -0.4 is 5.32 Å². The maximum absolute atomic E-state index is 12.8. The fourth-order valence-electron chi connectivity index (χ4n) is 3.68. The molecule has 1 saturated heterocycles. The third kappa shape index (κ3) is 3.34. The molecule has 1 aliphatic heterocycles. The number of esters is 1. The van der Waals surface area contributed by atoms with E-state index in [2.05, 4.69) is 15.2 Å². The third-order valence-electron chi connectivity index (χ3n) is 5.03. The fraction of sp³-hybridized carbons (Fsp3) is 0.667. The van der Waals surface area contributed by atoms with Crippen molar-refractivity contribution in [2.24, 2.45) is 0 Å². The van der Waals surface area contributed by atoms with Crippen molar-refractivity contribution in [3.63, 3.8) is 0 Å². The van der Waals surface area contributed by atoms with Crippen molar-refractivity contribution in [2.45, 2.75) is 58.0 Å². The van der Waals surface area contributed by atoms with E-state index in [1.807, 2.05) is 13.8 Å². The Kier molecular flexibility index (Phi) is 4.94. The minimum Gasteiger partial charge on any atom is -0.465 e. The van der Waals surface area contributed by atoms with Crippen LogP contribution in [0.15, 0.2) is 0 Å². The molecule has 2 N–H and O–H groups in total. The van der Waals surface area contributed by atoms with Crippen LogP contribution in [0.5, 0.6) is 0 Å². The van der Waals surface area contributed by atoms with Crippen LogP contribution in [0.2, 0.25) is 0 Å². The Morgan fingerprint density at radius 1 is 1.33 bits per heavy atom. The van der Waals surface area contributed by atoms with Crippen LogP contribution in [-0.2, 0) is 11.2 Å². The average Bonchev–Trinajstić information content (AvgIpc) is 3.22. The topological polar surface area (TPSA) is 74.4 Å². The van der Waals surface area contributed by atoms with Gasteiger partial charge in [-0.1, -0.05) is 13.3 Å². The Bertz CT molecular complexity index is 634. The molecule has 0 bridgehead atoms. The maximum atomic E-state index is 12.8. The Hall–Kier alpha value is -1.82. The first-order valence-electron chi connectivity index (χ1n) is 8.89. The SMILES string of the molecule is CCCc1c(C(=O)NC2CCN(C3CC3)C2)[nH]c(C)c1C(=O)OC. The smallest absolute Gasteiger partial charge is 0.339 e. The molecule has 1 unspecified atom stereocenters. The summed E-state index contributed by atoms with van der Waals surface area (Å²) in [5.41, 5.74) is 2.49. The zero-order chi connectivity index (χ0) is 17.3. The number of aromatic amines is 1. The first kappa shape index (κ1) is 17.0. The van der Waals surface area contributed by atoms with Crippen LogP contribution in [0.25, 0.3) is 0 Å². The van der Waals surface area contributed by atoms with Crippen LogP contribution in [0.4, 0.5) is 0 Å². The van der Waals surface area contributed by atoms with Crippen LogP contribution >= 0.6 is 0 Å². The van der Waals surface area contributed by atoms with Gasteiger partial charge in [0.2, 0.25) is 0 Å². The number of H-pyrrole nitrogens is 1. The molecule has 1 saturated carbocycles. The molecule has 3 rings (SSSR count). The largest absolute Gasteiger partial charge is 0.465 e. The zero-order valence-corrected chi connectivity index (χ0v) is 14.8. The maximum Gasteiger partial charge on any atom is 0.339 e. The van der Waals surface area contributed by atoms with Gasteiger partial charge in [0.1, 0.15) is 5.69 Å². The van der Waals surface area contributed by atoms with E-state index >= 15 is 0 Å². The number of aryl methyl sites for hydroxylation is 1. The lowest BCUT2D eigenvalue weighted by Gasteiger charge is -2.16. The zero-order valence-electron chi connectivity index (χ0n) is 14.8. The summed E-state index contributed by atoms with van der Waals surface area (Å²) in [5.74, 6) is -0.494. The molecule has 0 spiro atoms. The van der Waals surface area contributed by atoms with E-state index in [0.29, 0.717) is 23.4 Å². The summed E-state index contributed by atoms with van der Waals surface area (Å²) in [7, 11) is 1.37. The van der Waals surface area contributed by atoms with Crippen molar-refractivity contribution < 1.29 is 14.3 Å². The molecular weight excluding hydrogens is 306 g/mol. The highest BCUT2D eigenvalue weighted by Gasteiger charge is 2.35. The molecule has 2 fully saturated rings. The summed E-state index contributed by atoms with van der Waals surface area (Å²) >= 11 is 0. The van der Waals surface area contributed by atoms with Crippen molar-refractivity contribution in [1.82, 2.24) is 15.2 Å². The lowest BCUT2D eigenvalue weighted by atomic mass is 10.0. The number of methoxy groups -OCH3 is 1. The normalized spacial score (nSPS) is 21.0. The van der Waals surface area contributed by atoms with Crippen molar-refractivity contribution >= 4 is 11.9 Å². The first-order chi connectivity index (χ1) is 11.5. The van der Waals surface area contributed by atoms with Gasteiger partial charge in [-0.15, -0.1) is 0 Å². The standard InChI is InChI=1S/C18H27N3O3/c1-4-5-14-15(18(23)24-3)11(2)19-16(14)17(22)20-12-8-9-21(10-12)13-6-7-13/h12-13,19H,4-10H2,1-3H3,(H,20,22). The summed E-state index contributed by atoms with van der Waals surface area (Å²) < 4.78 is 4.88. The second kappa shape index (κ2) is 6.97. The van der Waals surface area contributed by atoms with E-state index in [9.17, 15) is 9.59 Å². The van der Waals surface area contributed by atoms with Gasteiger partial charge in [0.15, 0.2) is 0 Å². The van der Waals surface area contributed by atoms with Crippen molar-refractivity contribution in [3.05, 3.63) is 22.5 Å². The van der Waals surface area contributed by atoms with E-state index in [4.69, 9.17) is 4.74 Å². The second-order valence-corrected chi connectivity index (χ2v) is 6.91. The van der Waals surface area contributed by atoms with Gasteiger partial charge in [-0.2, -0.15) is 0 Å². The molecule has 132 valence electrons. The van der Waals surface area contributed by atoms with Gasteiger partial charge in [-0.25, -0.2) is 4.79 Å². The third-order valence-corrected chi connectivity index (χ3v) is 5.03. The summed E-state index contributed by atoms with van der Waals surface area (Å²) in [6.07, 6.45) is 5.12. The molecule has 0 radical (unpaired) electrons. The number of carbonyl (C=O) groups is 2. The lowest BCUT2D eigenvalue weighted by Crippen LogP contribution is -2.38. The highest BCUT2D eigenvalue weighted by molar-refractivity contribution is 6.00. The Balaban J connectivity index is 1.75. The summed E-state index contributed by atoms with van der Waals surface area (Å²) in [6, 6.07) is 0.930. The van der Waals surface area contributed by atoms with Crippen LogP contribution in [-0.4, -0.2) is 54.0 Å². The van der Waals surface area contributed by atoms with Crippen molar-refractivity contribution in [3.8, 4) is 0 Å². The molecule has 2 aliphatic rings. The number of nitrogens with zero attached hydrogens (tertiary/aromatic N) is 1. The molecule has 1 atom stereocenters. The summed E-state index contributed by atoms with van der Waals surface area (Å²) in [4.78, 5) is 30.4. The lowest BCUT2D eigenvalue weighted by molar-refractivity contribution is 0.0599. The monoisotopic (exact) mass is 333 g/mol. The van der Waals surface area contributed by atoms with Gasteiger partial charge in [-0.05, 0) is 38.2 Å². The van der Waals surface area contributed by atoms with Crippen molar-refractivity contribution in [2.75, 3.05) is 20.2 Å². The minimum absolute atomic E-state index is 0.112. The number of likely N-dealkylation sites (tertiary alicyclic amines) is 1. The number of hydrogen-bond donors (Lipinski definition) is 2. The molecule has 2 heterocycles. The molecular formula is C18H27N3O3. The van der Waals surface area contributed by atoms with Gasteiger partial charge in [-0.3, -0.25) is 9.69 Å². The average molecular weight is 333 g/mol. The molecule has 24 heavy (non-hydrogen) atoms. The van der Waals surface area contributed by atoms with Crippen LogP contribution in [0, 0.1) is 6.92 Å². The number of amides is 1. The molecule has 1 aromatic rings. The molecule has 1 amide bonds. The number of hydrogen-bond acceptors (Lipinski definition) is 4. The van der Waals surface area contributed by atoms with Gasteiger partial charge in [0, 0.05) is 30.9 Å². The molecule has 1 aromatic heterocycles. The highest BCUT2D eigenvalue weighted by atomic mass is 16.5.